The highest BCUT2D eigenvalue weighted by Crippen LogP contribution is 2.13. The maximum atomic E-state index is 9.67. The second-order valence-corrected chi connectivity index (χ2v) is 4.17. The highest BCUT2D eigenvalue weighted by molar-refractivity contribution is 4.66. The van der Waals surface area contributed by atoms with E-state index in [-0.39, 0.29) is 18.8 Å². The summed E-state index contributed by atoms with van der Waals surface area (Å²) < 4.78 is 0.748. The first-order valence-electron chi connectivity index (χ1n) is 4.53. The molecule has 2 atom stereocenters. The zero-order valence-electron chi connectivity index (χ0n) is 8.62. The monoisotopic (exact) mass is 176 g/mol. The summed E-state index contributed by atoms with van der Waals surface area (Å²) in [4.78, 5) is 0. The van der Waals surface area contributed by atoms with Crippen LogP contribution in [0.3, 0.4) is 0 Å². The van der Waals surface area contributed by atoms with E-state index in [4.69, 9.17) is 5.11 Å². The van der Waals surface area contributed by atoms with Crippen LogP contribution >= 0.6 is 0 Å². The lowest BCUT2D eigenvalue weighted by Crippen LogP contribution is -2.51. The number of likely N-dealkylation sites (N-methyl/N-ethyl adjacent to an activating group) is 1. The van der Waals surface area contributed by atoms with Crippen LogP contribution in [-0.2, 0) is 0 Å². The zero-order valence-corrected chi connectivity index (χ0v) is 8.62. The number of aliphatic hydroxyl groups is 2. The summed E-state index contributed by atoms with van der Waals surface area (Å²) in [7, 11) is 6.19. The van der Waals surface area contributed by atoms with E-state index in [0.717, 1.165) is 10.9 Å². The van der Waals surface area contributed by atoms with Gasteiger partial charge in [0.05, 0.1) is 21.1 Å². The van der Waals surface area contributed by atoms with Crippen molar-refractivity contribution in [3.05, 3.63) is 0 Å². The first kappa shape index (κ1) is 11.9. The van der Waals surface area contributed by atoms with Gasteiger partial charge in [-0.2, -0.15) is 0 Å². The average molecular weight is 176 g/mol. The molecule has 0 rings (SSSR count). The lowest BCUT2D eigenvalue weighted by atomic mass is 10.0. The molecule has 0 bridgehead atoms. The summed E-state index contributed by atoms with van der Waals surface area (Å²) in [5, 5.41) is 18.3. The maximum absolute atomic E-state index is 9.67. The van der Waals surface area contributed by atoms with Crippen molar-refractivity contribution in [1.29, 1.82) is 0 Å². The summed E-state index contributed by atoms with van der Waals surface area (Å²) in [6.07, 6.45) is 1.03. The Morgan fingerprint density at radius 1 is 1.25 bits per heavy atom. The number of aliphatic hydroxyl groups excluding tert-OH is 2. The summed E-state index contributed by atoms with van der Waals surface area (Å²) in [6, 6.07) is 0.220. The molecule has 0 amide bonds. The fraction of sp³-hybridized carbons (Fsp3) is 1.00. The molecule has 0 radical (unpaired) electrons. The van der Waals surface area contributed by atoms with Crippen LogP contribution in [0.2, 0.25) is 0 Å². The Hall–Kier alpha value is -0.120. The van der Waals surface area contributed by atoms with Crippen molar-refractivity contribution in [2.45, 2.75) is 31.9 Å². The van der Waals surface area contributed by atoms with Gasteiger partial charge in [-0.3, -0.25) is 0 Å². The van der Waals surface area contributed by atoms with Crippen LogP contribution in [0.15, 0.2) is 0 Å². The molecule has 3 heteroatoms. The Morgan fingerprint density at radius 2 is 1.75 bits per heavy atom. The van der Waals surface area contributed by atoms with Gasteiger partial charge in [0.15, 0.2) is 0 Å². The lowest BCUT2D eigenvalue weighted by Gasteiger charge is -2.36. The third kappa shape index (κ3) is 3.52. The number of quaternary nitrogens is 1. The SMILES string of the molecule is CCC(C(O)CCO)[N+](C)(C)C. The maximum Gasteiger partial charge on any atom is 0.114 e. The predicted octanol–water partition coefficient (Wildman–Crippen LogP) is 0.214. The molecule has 12 heavy (non-hydrogen) atoms. The molecule has 0 spiro atoms. The predicted molar refractivity (Wildman–Crippen MR) is 49.8 cm³/mol. The molecule has 0 heterocycles. The van der Waals surface area contributed by atoms with E-state index in [1.54, 1.807) is 0 Å². The van der Waals surface area contributed by atoms with Crippen LogP contribution in [0.4, 0.5) is 0 Å². The molecule has 3 nitrogen and oxygen atoms in total. The Kier molecular flexibility index (Phi) is 4.75. The van der Waals surface area contributed by atoms with Gasteiger partial charge in [0.2, 0.25) is 0 Å². The van der Waals surface area contributed by atoms with Crippen LogP contribution in [0.25, 0.3) is 0 Å². The van der Waals surface area contributed by atoms with E-state index in [9.17, 15) is 5.11 Å². The smallest absolute Gasteiger partial charge is 0.114 e. The van der Waals surface area contributed by atoms with E-state index in [1.807, 2.05) is 0 Å². The van der Waals surface area contributed by atoms with Crippen LogP contribution in [0.1, 0.15) is 19.8 Å². The van der Waals surface area contributed by atoms with Gasteiger partial charge in [0.1, 0.15) is 12.1 Å². The van der Waals surface area contributed by atoms with Crippen LogP contribution in [0, 0.1) is 0 Å². The second kappa shape index (κ2) is 4.80. The van der Waals surface area contributed by atoms with Gasteiger partial charge in [-0.1, -0.05) is 6.92 Å². The Labute approximate surface area is 75.2 Å². The fourth-order valence-electron chi connectivity index (χ4n) is 1.66. The highest BCUT2D eigenvalue weighted by Gasteiger charge is 2.28. The molecule has 0 aliphatic carbocycles. The van der Waals surface area contributed by atoms with Crippen molar-refractivity contribution in [3.8, 4) is 0 Å². The molecule has 2 unspecified atom stereocenters. The minimum absolute atomic E-state index is 0.0671. The zero-order chi connectivity index (χ0) is 9.78. The van der Waals surface area contributed by atoms with E-state index in [0.29, 0.717) is 6.42 Å². The number of hydrogen-bond acceptors (Lipinski definition) is 2. The molecular formula is C9H22NO2+. The minimum Gasteiger partial charge on any atom is -0.396 e. The van der Waals surface area contributed by atoms with Gasteiger partial charge in [0, 0.05) is 13.0 Å². The molecule has 0 aromatic carbocycles. The summed E-state index contributed by atoms with van der Waals surface area (Å²) in [6.45, 7) is 2.13. The van der Waals surface area contributed by atoms with Gasteiger partial charge in [-0.15, -0.1) is 0 Å². The van der Waals surface area contributed by atoms with Crippen molar-refractivity contribution < 1.29 is 14.7 Å². The van der Waals surface area contributed by atoms with E-state index in [1.165, 1.54) is 0 Å². The Balaban J connectivity index is 4.14. The van der Waals surface area contributed by atoms with Crippen molar-refractivity contribution in [2.75, 3.05) is 27.7 Å². The molecule has 2 N–H and O–H groups in total. The van der Waals surface area contributed by atoms with Gasteiger partial charge >= 0.3 is 0 Å². The number of hydrogen-bond donors (Lipinski definition) is 2. The van der Waals surface area contributed by atoms with Crippen molar-refractivity contribution in [1.82, 2.24) is 0 Å². The van der Waals surface area contributed by atoms with Crippen molar-refractivity contribution >= 4 is 0 Å². The summed E-state index contributed by atoms with van der Waals surface area (Å²) in [5.74, 6) is 0. The summed E-state index contributed by atoms with van der Waals surface area (Å²) >= 11 is 0. The molecule has 0 fully saturated rings. The molecule has 0 saturated heterocycles. The molecular weight excluding hydrogens is 154 g/mol. The third-order valence-electron chi connectivity index (χ3n) is 2.28. The topological polar surface area (TPSA) is 40.5 Å². The quantitative estimate of drug-likeness (QED) is 0.588. The molecule has 0 aliphatic heterocycles. The first-order valence-corrected chi connectivity index (χ1v) is 4.53. The second-order valence-electron chi connectivity index (χ2n) is 4.17. The van der Waals surface area contributed by atoms with Crippen LogP contribution in [-0.4, -0.2) is 54.6 Å². The molecule has 0 aromatic heterocycles. The molecule has 0 saturated carbocycles. The van der Waals surface area contributed by atoms with Gasteiger partial charge in [-0.25, -0.2) is 0 Å². The Bertz CT molecular complexity index is 120. The molecule has 74 valence electrons. The van der Waals surface area contributed by atoms with Gasteiger partial charge in [-0.05, 0) is 6.42 Å². The van der Waals surface area contributed by atoms with Crippen LogP contribution in [0.5, 0.6) is 0 Å². The van der Waals surface area contributed by atoms with Crippen molar-refractivity contribution in [3.63, 3.8) is 0 Å². The normalized spacial score (nSPS) is 17.5. The molecule has 0 aromatic rings. The largest absolute Gasteiger partial charge is 0.396 e. The summed E-state index contributed by atoms with van der Waals surface area (Å²) in [5.41, 5.74) is 0. The first-order chi connectivity index (χ1) is 5.43. The fourth-order valence-corrected chi connectivity index (χ4v) is 1.66. The van der Waals surface area contributed by atoms with E-state index in [2.05, 4.69) is 28.1 Å². The number of nitrogens with zero attached hydrogens (tertiary/aromatic N) is 1. The van der Waals surface area contributed by atoms with E-state index >= 15 is 0 Å². The van der Waals surface area contributed by atoms with Gasteiger partial charge < -0.3 is 14.7 Å². The standard InChI is InChI=1S/C9H22NO2/c1-5-8(10(2,3)4)9(12)6-7-11/h8-9,11-12H,5-7H2,1-4H3/q+1. The van der Waals surface area contributed by atoms with Crippen molar-refractivity contribution in [2.24, 2.45) is 0 Å². The lowest BCUT2D eigenvalue weighted by molar-refractivity contribution is -0.900. The molecule has 0 aliphatic rings. The minimum atomic E-state index is -0.389. The third-order valence-corrected chi connectivity index (χ3v) is 2.28. The highest BCUT2D eigenvalue weighted by atomic mass is 16.3. The van der Waals surface area contributed by atoms with Gasteiger partial charge in [0.25, 0.3) is 0 Å². The van der Waals surface area contributed by atoms with Crippen LogP contribution < -0.4 is 0 Å². The Morgan fingerprint density at radius 3 is 2.00 bits per heavy atom. The van der Waals surface area contributed by atoms with E-state index < -0.39 is 0 Å². The average Bonchev–Trinajstić information content (AvgIpc) is 1.85. The number of rotatable bonds is 5.